The number of carbonyl (C=O) groups excluding carboxylic acids is 1. The highest BCUT2D eigenvalue weighted by molar-refractivity contribution is 6.36. The number of nitrogen functional groups attached to an aromatic ring is 1. The molecule has 2 aromatic carbocycles. The number of halogens is 2. The first-order chi connectivity index (χ1) is 10.0. The number of hydrogen-bond donors (Lipinski definition) is 1. The van der Waals surface area contributed by atoms with Crippen LogP contribution in [0.5, 0.6) is 0 Å². The molecule has 0 aliphatic carbocycles. The van der Waals surface area contributed by atoms with Gasteiger partial charge in [-0.25, -0.2) is 9.18 Å². The van der Waals surface area contributed by atoms with E-state index in [1.165, 1.54) is 18.2 Å². The van der Waals surface area contributed by atoms with Gasteiger partial charge in [0.25, 0.3) is 0 Å². The van der Waals surface area contributed by atoms with Crippen molar-refractivity contribution in [1.82, 2.24) is 0 Å². The summed E-state index contributed by atoms with van der Waals surface area (Å²) in [6.07, 6.45) is 0. The molecule has 2 rings (SSSR count). The lowest BCUT2D eigenvalue weighted by Gasteiger charge is -2.08. The summed E-state index contributed by atoms with van der Waals surface area (Å²) >= 11 is 5.92. The van der Waals surface area contributed by atoms with Gasteiger partial charge in [0.15, 0.2) is 0 Å². The normalized spacial score (nSPS) is 9.95. The van der Waals surface area contributed by atoms with Gasteiger partial charge in [-0.05, 0) is 30.3 Å². The lowest BCUT2D eigenvalue weighted by atomic mass is 10.1. The van der Waals surface area contributed by atoms with Crippen molar-refractivity contribution in [3.8, 4) is 6.07 Å². The van der Waals surface area contributed by atoms with Gasteiger partial charge in [-0.15, -0.1) is 0 Å². The summed E-state index contributed by atoms with van der Waals surface area (Å²) in [5.41, 5.74) is 6.50. The fourth-order valence-electron chi connectivity index (χ4n) is 1.72. The van der Waals surface area contributed by atoms with Crippen molar-refractivity contribution in [3.63, 3.8) is 0 Å². The average Bonchev–Trinajstić information content (AvgIpc) is 2.47. The zero-order valence-electron chi connectivity index (χ0n) is 10.8. The van der Waals surface area contributed by atoms with Crippen LogP contribution in [0.1, 0.15) is 21.5 Å². The van der Waals surface area contributed by atoms with Crippen LogP contribution in [0.25, 0.3) is 0 Å². The second-order valence-corrected chi connectivity index (χ2v) is 4.58. The Kier molecular flexibility index (Phi) is 4.41. The molecule has 0 saturated carbocycles. The Morgan fingerprint density at radius 2 is 2.14 bits per heavy atom. The lowest BCUT2D eigenvalue weighted by molar-refractivity contribution is 0.0472. The SMILES string of the molecule is N#Cc1ccc(F)cc1COC(=O)c1cccc(N)c1Cl. The molecule has 0 atom stereocenters. The number of esters is 1. The molecule has 0 amide bonds. The molecule has 0 aliphatic rings. The maximum Gasteiger partial charge on any atom is 0.340 e. The van der Waals surface area contributed by atoms with Gasteiger partial charge in [0.2, 0.25) is 0 Å². The van der Waals surface area contributed by atoms with Gasteiger partial charge in [0, 0.05) is 5.56 Å². The monoisotopic (exact) mass is 304 g/mol. The molecule has 0 bridgehead atoms. The highest BCUT2D eigenvalue weighted by Gasteiger charge is 2.14. The van der Waals surface area contributed by atoms with Crippen LogP contribution >= 0.6 is 11.6 Å². The molecule has 106 valence electrons. The van der Waals surface area contributed by atoms with Gasteiger partial charge in [-0.2, -0.15) is 5.26 Å². The summed E-state index contributed by atoms with van der Waals surface area (Å²) in [6, 6.07) is 10.1. The van der Waals surface area contributed by atoms with Gasteiger partial charge in [0.05, 0.1) is 27.9 Å². The van der Waals surface area contributed by atoms with E-state index in [0.29, 0.717) is 0 Å². The maximum absolute atomic E-state index is 13.2. The molecule has 21 heavy (non-hydrogen) atoms. The van der Waals surface area contributed by atoms with Crippen molar-refractivity contribution in [2.45, 2.75) is 6.61 Å². The molecule has 0 aromatic heterocycles. The molecule has 6 heteroatoms. The van der Waals surface area contributed by atoms with E-state index in [2.05, 4.69) is 0 Å². The minimum absolute atomic E-state index is 0.0993. The lowest BCUT2D eigenvalue weighted by Crippen LogP contribution is -2.08. The van der Waals surface area contributed by atoms with Gasteiger partial charge in [0.1, 0.15) is 12.4 Å². The number of nitrogens with zero attached hydrogens (tertiary/aromatic N) is 1. The molecule has 0 spiro atoms. The molecule has 0 saturated heterocycles. The minimum atomic E-state index is -0.694. The average molecular weight is 305 g/mol. The zero-order chi connectivity index (χ0) is 15.4. The summed E-state index contributed by atoms with van der Waals surface area (Å²) in [4.78, 5) is 11.9. The van der Waals surface area contributed by atoms with Crippen molar-refractivity contribution < 1.29 is 13.9 Å². The van der Waals surface area contributed by atoms with E-state index in [-0.39, 0.29) is 34.0 Å². The van der Waals surface area contributed by atoms with Crippen molar-refractivity contribution in [2.24, 2.45) is 0 Å². The van der Waals surface area contributed by atoms with E-state index in [0.717, 1.165) is 6.07 Å². The summed E-state index contributed by atoms with van der Waals surface area (Å²) < 4.78 is 18.2. The number of carbonyl (C=O) groups is 1. The Morgan fingerprint density at radius 3 is 2.86 bits per heavy atom. The van der Waals surface area contributed by atoms with Crippen LogP contribution in [-0.4, -0.2) is 5.97 Å². The standard InChI is InChI=1S/C15H10ClFN2O2/c16-14-12(2-1-3-13(14)19)15(20)21-8-10-6-11(17)5-4-9(10)7-18/h1-6H,8,19H2. The quantitative estimate of drug-likeness (QED) is 0.697. The third-order valence-electron chi connectivity index (χ3n) is 2.80. The first-order valence-corrected chi connectivity index (χ1v) is 6.30. The molecule has 2 aromatic rings. The molecule has 2 N–H and O–H groups in total. The summed E-state index contributed by atoms with van der Waals surface area (Å²) in [5, 5.41) is 9.02. The minimum Gasteiger partial charge on any atom is -0.457 e. The molecule has 0 unspecified atom stereocenters. The maximum atomic E-state index is 13.2. The Morgan fingerprint density at radius 1 is 1.38 bits per heavy atom. The number of hydrogen-bond acceptors (Lipinski definition) is 4. The molecule has 0 heterocycles. The van der Waals surface area contributed by atoms with Crippen LogP contribution in [-0.2, 0) is 11.3 Å². The Hall–Kier alpha value is -2.58. The van der Waals surface area contributed by atoms with Gasteiger partial charge >= 0.3 is 5.97 Å². The fourth-order valence-corrected chi connectivity index (χ4v) is 1.92. The van der Waals surface area contributed by atoms with Crippen LogP contribution in [0, 0.1) is 17.1 Å². The smallest absolute Gasteiger partial charge is 0.340 e. The van der Waals surface area contributed by atoms with E-state index in [9.17, 15) is 9.18 Å². The zero-order valence-corrected chi connectivity index (χ0v) is 11.5. The third kappa shape index (κ3) is 3.30. The number of nitrogens with two attached hydrogens (primary N) is 1. The number of rotatable bonds is 3. The van der Waals surface area contributed by atoms with E-state index in [1.54, 1.807) is 12.1 Å². The predicted octanol–water partition coefficient (Wildman–Crippen LogP) is 3.29. The molecule has 0 aliphatic heterocycles. The van der Waals surface area contributed by atoms with Crippen LogP contribution in [0.4, 0.5) is 10.1 Å². The van der Waals surface area contributed by atoms with Crippen molar-refractivity contribution in [2.75, 3.05) is 5.73 Å². The van der Waals surface area contributed by atoms with Gasteiger partial charge in [-0.1, -0.05) is 17.7 Å². The van der Waals surface area contributed by atoms with E-state index < -0.39 is 11.8 Å². The largest absolute Gasteiger partial charge is 0.457 e. The van der Waals surface area contributed by atoms with Crippen molar-refractivity contribution in [3.05, 3.63) is 63.9 Å². The van der Waals surface area contributed by atoms with E-state index >= 15 is 0 Å². The first kappa shape index (κ1) is 14.8. The number of nitriles is 1. The van der Waals surface area contributed by atoms with Gasteiger partial charge in [-0.3, -0.25) is 0 Å². The summed E-state index contributed by atoms with van der Waals surface area (Å²) in [6.45, 7) is -0.232. The van der Waals surface area contributed by atoms with Crippen molar-refractivity contribution in [1.29, 1.82) is 5.26 Å². The number of ether oxygens (including phenoxy) is 1. The highest BCUT2D eigenvalue weighted by atomic mass is 35.5. The van der Waals surface area contributed by atoms with Crippen LogP contribution in [0.2, 0.25) is 5.02 Å². The summed E-state index contributed by atoms with van der Waals surface area (Å²) in [5.74, 6) is -1.21. The Bertz CT molecular complexity index is 741. The predicted molar refractivity (Wildman–Crippen MR) is 76.1 cm³/mol. The van der Waals surface area contributed by atoms with E-state index in [4.69, 9.17) is 27.3 Å². The molecule has 4 nitrogen and oxygen atoms in total. The Balaban J connectivity index is 2.17. The molecule has 0 fully saturated rings. The first-order valence-electron chi connectivity index (χ1n) is 5.92. The van der Waals surface area contributed by atoms with Crippen LogP contribution in [0.3, 0.4) is 0 Å². The second-order valence-electron chi connectivity index (χ2n) is 4.20. The highest BCUT2D eigenvalue weighted by Crippen LogP contribution is 2.24. The van der Waals surface area contributed by atoms with Crippen LogP contribution < -0.4 is 5.73 Å². The third-order valence-corrected chi connectivity index (χ3v) is 3.22. The van der Waals surface area contributed by atoms with Crippen LogP contribution in [0.15, 0.2) is 36.4 Å². The Labute approximate surface area is 125 Å². The second kappa shape index (κ2) is 6.25. The number of anilines is 1. The van der Waals surface area contributed by atoms with E-state index in [1.807, 2.05) is 6.07 Å². The molecule has 0 radical (unpaired) electrons. The van der Waals surface area contributed by atoms with Gasteiger partial charge < -0.3 is 10.5 Å². The topological polar surface area (TPSA) is 76.1 Å². The number of benzene rings is 2. The van der Waals surface area contributed by atoms with Crippen molar-refractivity contribution >= 4 is 23.3 Å². The fraction of sp³-hybridized carbons (Fsp3) is 0.0667. The molecular formula is C15H10ClFN2O2. The summed E-state index contributed by atoms with van der Waals surface area (Å²) in [7, 11) is 0. The molecular weight excluding hydrogens is 295 g/mol.